The lowest BCUT2D eigenvalue weighted by molar-refractivity contribution is 0.0950. The molecule has 32 heavy (non-hydrogen) atoms. The number of fused-ring (bicyclic) bond motifs is 1. The molecule has 2 rings (SSSR count). The van der Waals surface area contributed by atoms with Gasteiger partial charge in [-0.25, -0.2) is 8.42 Å². The monoisotopic (exact) mass is 464 g/mol. The maximum absolute atomic E-state index is 13.0. The summed E-state index contributed by atoms with van der Waals surface area (Å²) in [7, 11) is -3.70. The van der Waals surface area contributed by atoms with E-state index in [1.165, 1.54) is 22.6 Å². The molecule has 0 fully saturated rings. The molecule has 9 heteroatoms. The zero-order valence-electron chi connectivity index (χ0n) is 19.6. The van der Waals surface area contributed by atoms with Crippen LogP contribution in [0.25, 0.3) is 10.9 Å². The molecular formula is C23H36N4O4S. The highest BCUT2D eigenvalue weighted by atomic mass is 32.2. The van der Waals surface area contributed by atoms with Crippen LogP contribution in [-0.4, -0.2) is 67.8 Å². The summed E-state index contributed by atoms with van der Waals surface area (Å²) < 4.78 is 27.0. The Labute approximate surface area is 191 Å². The predicted molar refractivity (Wildman–Crippen MR) is 129 cm³/mol. The Hall–Kier alpha value is -2.23. The highest BCUT2D eigenvalue weighted by Gasteiger charge is 2.23. The number of hydrogen-bond acceptors (Lipinski definition) is 5. The van der Waals surface area contributed by atoms with Gasteiger partial charge in [-0.15, -0.1) is 0 Å². The van der Waals surface area contributed by atoms with Crippen LogP contribution in [0.5, 0.6) is 0 Å². The first-order valence-corrected chi connectivity index (χ1v) is 12.9. The molecule has 0 saturated carbocycles. The van der Waals surface area contributed by atoms with E-state index < -0.39 is 21.4 Å². The topological polar surface area (TPSA) is 103 Å². The van der Waals surface area contributed by atoms with E-state index in [-0.39, 0.29) is 15.8 Å². The Balaban J connectivity index is 2.17. The van der Waals surface area contributed by atoms with Crippen LogP contribution >= 0.6 is 0 Å². The molecule has 0 saturated heterocycles. The normalized spacial score (nSPS) is 12.1. The zero-order chi connectivity index (χ0) is 23.7. The molecule has 1 aromatic heterocycles. The van der Waals surface area contributed by atoms with Crippen molar-refractivity contribution in [1.29, 1.82) is 0 Å². The molecular weight excluding hydrogens is 428 g/mol. The molecule has 8 nitrogen and oxygen atoms in total. The van der Waals surface area contributed by atoms with Gasteiger partial charge in [0.15, 0.2) is 0 Å². The second-order valence-electron chi connectivity index (χ2n) is 7.73. The van der Waals surface area contributed by atoms with E-state index in [1.54, 1.807) is 19.9 Å². The number of carbonyl (C=O) groups is 1. The van der Waals surface area contributed by atoms with Crippen molar-refractivity contribution in [3.05, 3.63) is 40.2 Å². The van der Waals surface area contributed by atoms with Crippen LogP contribution in [0.2, 0.25) is 0 Å². The number of benzene rings is 1. The number of nitrogens with zero attached hydrogens (tertiary/aromatic N) is 2. The summed E-state index contributed by atoms with van der Waals surface area (Å²) in [6.07, 6.45) is 4.48. The number of sulfonamides is 1. The summed E-state index contributed by atoms with van der Waals surface area (Å²) >= 11 is 0. The Morgan fingerprint density at radius 2 is 1.72 bits per heavy atom. The third-order valence-corrected chi connectivity index (χ3v) is 7.70. The fourth-order valence-corrected chi connectivity index (χ4v) is 5.13. The molecule has 1 heterocycles. The molecule has 2 aromatic rings. The third kappa shape index (κ3) is 6.17. The maximum Gasteiger partial charge on any atom is 0.256 e. The molecule has 0 aliphatic rings. The average Bonchev–Trinajstić information content (AvgIpc) is 2.79. The Morgan fingerprint density at radius 1 is 1.03 bits per heavy atom. The highest BCUT2D eigenvalue weighted by molar-refractivity contribution is 7.89. The van der Waals surface area contributed by atoms with Gasteiger partial charge < -0.3 is 15.2 Å². The van der Waals surface area contributed by atoms with Gasteiger partial charge in [-0.1, -0.05) is 34.1 Å². The van der Waals surface area contributed by atoms with Crippen molar-refractivity contribution in [3.8, 4) is 0 Å². The largest absolute Gasteiger partial charge is 0.360 e. The molecule has 0 bridgehead atoms. The van der Waals surface area contributed by atoms with Gasteiger partial charge in [0, 0.05) is 36.7 Å². The standard InChI is InChI=1S/C23H36N4O4S/c1-5-9-14-26(6-2)15-10-13-24-23(29)20-17-25-21-12-11-18(16-19(21)22(20)28)32(30,31)27(7-3)8-4/h11-12,16-17H,5-10,13-15H2,1-4H3,(H,24,29)(H,25,28). The zero-order valence-corrected chi connectivity index (χ0v) is 20.4. The number of amides is 1. The van der Waals surface area contributed by atoms with Gasteiger partial charge >= 0.3 is 0 Å². The molecule has 2 N–H and O–H groups in total. The molecule has 1 aromatic carbocycles. The van der Waals surface area contributed by atoms with Gasteiger partial charge in [0.1, 0.15) is 5.56 Å². The number of pyridine rings is 1. The van der Waals surface area contributed by atoms with Crippen LogP contribution in [0, 0.1) is 0 Å². The van der Waals surface area contributed by atoms with Crippen LogP contribution < -0.4 is 10.7 Å². The van der Waals surface area contributed by atoms with Crippen LogP contribution in [0.15, 0.2) is 34.1 Å². The average molecular weight is 465 g/mol. The first-order valence-electron chi connectivity index (χ1n) is 11.5. The first-order chi connectivity index (χ1) is 15.3. The summed E-state index contributed by atoms with van der Waals surface area (Å²) in [4.78, 5) is 30.9. The molecule has 0 atom stereocenters. The lowest BCUT2D eigenvalue weighted by atomic mass is 10.1. The second kappa shape index (κ2) is 12.1. The van der Waals surface area contributed by atoms with Gasteiger partial charge in [-0.2, -0.15) is 4.31 Å². The number of aromatic nitrogens is 1. The van der Waals surface area contributed by atoms with Crippen LogP contribution in [0.3, 0.4) is 0 Å². The summed E-state index contributed by atoms with van der Waals surface area (Å²) in [5, 5.41) is 2.99. The van der Waals surface area contributed by atoms with E-state index in [0.29, 0.717) is 25.2 Å². The molecule has 0 spiro atoms. The SMILES string of the molecule is CCCCN(CC)CCCNC(=O)c1c[nH]c2ccc(S(=O)(=O)N(CC)CC)cc2c1=O. The van der Waals surface area contributed by atoms with Crippen LogP contribution in [-0.2, 0) is 10.0 Å². The molecule has 178 valence electrons. The molecule has 0 radical (unpaired) electrons. The number of hydrogen-bond donors (Lipinski definition) is 2. The van der Waals surface area contributed by atoms with Crippen molar-refractivity contribution in [1.82, 2.24) is 19.5 Å². The predicted octanol–water partition coefficient (Wildman–Crippen LogP) is 2.80. The number of rotatable bonds is 13. The van der Waals surface area contributed by atoms with Gasteiger partial charge in [0.05, 0.1) is 4.90 Å². The van der Waals surface area contributed by atoms with Crippen LogP contribution in [0.4, 0.5) is 0 Å². The molecule has 0 unspecified atom stereocenters. The van der Waals surface area contributed by atoms with Gasteiger partial charge in [-0.05, 0) is 50.7 Å². The van der Waals surface area contributed by atoms with E-state index in [0.717, 1.165) is 38.9 Å². The summed E-state index contributed by atoms with van der Waals surface area (Å²) in [5.41, 5.74) is -0.0150. The summed E-state index contributed by atoms with van der Waals surface area (Å²) in [5.74, 6) is -0.457. The minimum Gasteiger partial charge on any atom is -0.360 e. The lowest BCUT2D eigenvalue weighted by Crippen LogP contribution is -2.33. The van der Waals surface area contributed by atoms with Crippen molar-refractivity contribution in [3.63, 3.8) is 0 Å². The maximum atomic E-state index is 13.0. The summed E-state index contributed by atoms with van der Waals surface area (Å²) in [6.45, 7) is 11.9. The number of H-pyrrole nitrogens is 1. The molecule has 0 aliphatic carbocycles. The fraction of sp³-hybridized carbons (Fsp3) is 0.565. The number of aromatic amines is 1. The van der Waals surface area contributed by atoms with E-state index >= 15 is 0 Å². The lowest BCUT2D eigenvalue weighted by Gasteiger charge is -2.19. The van der Waals surface area contributed by atoms with Crippen molar-refractivity contribution in [2.75, 3.05) is 39.3 Å². The number of carbonyl (C=O) groups excluding carboxylic acids is 1. The fourth-order valence-electron chi connectivity index (χ4n) is 3.65. The Bertz CT molecular complexity index is 1060. The van der Waals surface area contributed by atoms with Crippen molar-refractivity contribution < 1.29 is 13.2 Å². The third-order valence-electron chi connectivity index (χ3n) is 5.65. The van der Waals surface area contributed by atoms with E-state index in [2.05, 4.69) is 29.0 Å². The van der Waals surface area contributed by atoms with Crippen molar-refractivity contribution >= 4 is 26.8 Å². The van der Waals surface area contributed by atoms with E-state index in [4.69, 9.17) is 0 Å². The molecule has 1 amide bonds. The van der Waals surface area contributed by atoms with Crippen molar-refractivity contribution in [2.24, 2.45) is 0 Å². The highest BCUT2D eigenvalue weighted by Crippen LogP contribution is 2.19. The Morgan fingerprint density at radius 3 is 2.34 bits per heavy atom. The molecule has 0 aliphatic heterocycles. The minimum atomic E-state index is -3.70. The van der Waals surface area contributed by atoms with Gasteiger partial charge in [0.25, 0.3) is 5.91 Å². The van der Waals surface area contributed by atoms with Gasteiger partial charge in [-0.3, -0.25) is 9.59 Å². The van der Waals surface area contributed by atoms with Crippen LogP contribution in [0.1, 0.15) is 57.3 Å². The minimum absolute atomic E-state index is 0.0202. The Kier molecular flexibility index (Phi) is 9.86. The summed E-state index contributed by atoms with van der Waals surface area (Å²) in [6, 6.07) is 4.39. The smallest absolute Gasteiger partial charge is 0.256 e. The number of unbranched alkanes of at least 4 members (excludes halogenated alkanes) is 1. The quantitative estimate of drug-likeness (QED) is 0.444. The number of nitrogens with one attached hydrogen (secondary N) is 2. The van der Waals surface area contributed by atoms with E-state index in [9.17, 15) is 18.0 Å². The van der Waals surface area contributed by atoms with Gasteiger partial charge in [0.2, 0.25) is 15.5 Å². The first kappa shape index (κ1) is 26.0. The van der Waals surface area contributed by atoms with Crippen molar-refractivity contribution in [2.45, 2.75) is 51.9 Å². The van der Waals surface area contributed by atoms with E-state index in [1.807, 2.05) is 0 Å². The second-order valence-corrected chi connectivity index (χ2v) is 9.66.